The summed E-state index contributed by atoms with van der Waals surface area (Å²) in [5, 5.41) is 5.51. The Bertz CT molecular complexity index is 1350. The number of urea groups is 1. The maximum absolute atomic E-state index is 13.9. The predicted molar refractivity (Wildman–Crippen MR) is 147 cm³/mol. The number of Topliss-reactive ketones (excluding diaryl/α,β-unsaturated/α-hetero) is 1. The van der Waals surface area contributed by atoms with Gasteiger partial charge in [-0.15, -0.1) is 0 Å². The van der Waals surface area contributed by atoms with Gasteiger partial charge in [-0.3, -0.25) is 9.59 Å². The number of nitrogens with zero attached hydrogens (tertiary/aromatic N) is 2. The predicted octanol–water partition coefficient (Wildman–Crippen LogP) is 5.33. The highest BCUT2D eigenvalue weighted by atomic mass is 16.2. The monoisotopic (exact) mass is 496 g/mol. The molecule has 0 aliphatic carbocycles. The lowest BCUT2D eigenvalue weighted by Crippen LogP contribution is -2.51. The molecule has 190 valence electrons. The molecule has 1 atom stereocenters. The zero-order valence-corrected chi connectivity index (χ0v) is 21.6. The molecule has 0 saturated heterocycles. The van der Waals surface area contributed by atoms with Crippen LogP contribution < -0.4 is 15.5 Å². The van der Waals surface area contributed by atoms with Gasteiger partial charge in [-0.25, -0.2) is 9.79 Å². The van der Waals surface area contributed by atoms with Crippen molar-refractivity contribution >= 4 is 34.8 Å². The summed E-state index contributed by atoms with van der Waals surface area (Å²) in [6, 6.07) is 23.7. The van der Waals surface area contributed by atoms with Crippen molar-refractivity contribution in [3.05, 3.63) is 95.6 Å². The van der Waals surface area contributed by atoms with Crippen LogP contribution in [0.5, 0.6) is 0 Å². The van der Waals surface area contributed by atoms with Gasteiger partial charge in [-0.05, 0) is 37.1 Å². The summed E-state index contributed by atoms with van der Waals surface area (Å²) in [6.45, 7) is 7.51. The molecule has 1 aliphatic heterocycles. The van der Waals surface area contributed by atoms with E-state index in [1.165, 1.54) is 4.90 Å². The fourth-order valence-corrected chi connectivity index (χ4v) is 4.08. The number of benzene rings is 3. The summed E-state index contributed by atoms with van der Waals surface area (Å²) in [7, 11) is 0. The molecule has 0 aromatic heterocycles. The highest BCUT2D eigenvalue weighted by Gasteiger charge is 2.36. The van der Waals surface area contributed by atoms with Crippen LogP contribution in [0.2, 0.25) is 0 Å². The van der Waals surface area contributed by atoms with E-state index in [0.29, 0.717) is 29.1 Å². The van der Waals surface area contributed by atoms with Gasteiger partial charge in [-0.2, -0.15) is 0 Å². The Labute approximate surface area is 217 Å². The number of amides is 3. The Balaban J connectivity index is 1.75. The number of ketones is 1. The SMILES string of the molecule is CCC(C)(C)C(=O)CN1C(=O)C(NC(=O)Nc2cccc(C)c2)N=C(c2ccccc2)c2ccccc21. The fraction of sp³-hybridized carbons (Fsp3) is 0.267. The van der Waals surface area contributed by atoms with Gasteiger partial charge in [0.25, 0.3) is 5.91 Å². The van der Waals surface area contributed by atoms with Crippen molar-refractivity contribution in [2.24, 2.45) is 10.4 Å². The van der Waals surface area contributed by atoms with E-state index in [1.54, 1.807) is 6.07 Å². The number of nitrogens with one attached hydrogen (secondary N) is 2. The fourth-order valence-electron chi connectivity index (χ4n) is 4.08. The number of aryl methyl sites for hydroxylation is 1. The van der Waals surface area contributed by atoms with Crippen LogP contribution in [0.3, 0.4) is 0 Å². The Morgan fingerprint density at radius 3 is 2.38 bits per heavy atom. The van der Waals surface area contributed by atoms with Gasteiger partial charge in [0.1, 0.15) is 0 Å². The zero-order valence-electron chi connectivity index (χ0n) is 21.6. The molecule has 2 N–H and O–H groups in total. The van der Waals surface area contributed by atoms with Gasteiger partial charge in [0, 0.05) is 22.2 Å². The number of rotatable bonds is 7. The number of para-hydroxylation sites is 1. The number of fused-ring (bicyclic) bond motifs is 1. The van der Waals surface area contributed by atoms with E-state index < -0.39 is 23.5 Å². The summed E-state index contributed by atoms with van der Waals surface area (Å²) in [4.78, 5) is 46.3. The zero-order chi connectivity index (χ0) is 26.6. The molecule has 0 fully saturated rings. The van der Waals surface area contributed by atoms with Crippen molar-refractivity contribution in [2.75, 3.05) is 16.8 Å². The molecule has 37 heavy (non-hydrogen) atoms. The molecule has 7 nitrogen and oxygen atoms in total. The van der Waals surface area contributed by atoms with Crippen molar-refractivity contribution in [1.29, 1.82) is 0 Å². The van der Waals surface area contributed by atoms with Crippen molar-refractivity contribution in [2.45, 2.75) is 40.3 Å². The standard InChI is InChI=1S/C30H32N4O3/c1-5-30(3,4)25(35)19-34-24-17-10-9-16-23(24)26(21-13-7-6-8-14-21)32-27(28(34)36)33-29(37)31-22-15-11-12-20(2)18-22/h6-18,27H,5,19H2,1-4H3,(H2,31,33,37). The van der Waals surface area contributed by atoms with Crippen LogP contribution in [-0.4, -0.2) is 36.1 Å². The Morgan fingerprint density at radius 1 is 0.973 bits per heavy atom. The van der Waals surface area contributed by atoms with E-state index >= 15 is 0 Å². The number of aliphatic imine (C=N–C) groups is 1. The second kappa shape index (κ2) is 10.8. The maximum atomic E-state index is 13.9. The molecular formula is C30H32N4O3. The van der Waals surface area contributed by atoms with E-state index in [9.17, 15) is 14.4 Å². The summed E-state index contributed by atoms with van der Waals surface area (Å²) >= 11 is 0. The Morgan fingerprint density at radius 2 is 1.68 bits per heavy atom. The number of hydrogen-bond acceptors (Lipinski definition) is 4. The molecule has 7 heteroatoms. The van der Waals surface area contributed by atoms with Crippen LogP contribution >= 0.6 is 0 Å². The topological polar surface area (TPSA) is 90.9 Å². The normalized spacial score (nSPS) is 15.4. The Hall–Kier alpha value is -4.26. The first-order chi connectivity index (χ1) is 17.7. The molecule has 0 bridgehead atoms. The van der Waals surface area contributed by atoms with Crippen LogP contribution in [-0.2, 0) is 9.59 Å². The first kappa shape index (κ1) is 25.8. The van der Waals surface area contributed by atoms with Crippen LogP contribution in [0, 0.1) is 12.3 Å². The average Bonchev–Trinajstić information content (AvgIpc) is 3.00. The highest BCUT2D eigenvalue weighted by Crippen LogP contribution is 2.30. The quantitative estimate of drug-likeness (QED) is 0.463. The van der Waals surface area contributed by atoms with Crippen LogP contribution in [0.25, 0.3) is 0 Å². The molecule has 3 aromatic carbocycles. The van der Waals surface area contributed by atoms with Crippen LogP contribution in [0.4, 0.5) is 16.2 Å². The van der Waals surface area contributed by atoms with Crippen molar-refractivity contribution in [3.63, 3.8) is 0 Å². The van der Waals surface area contributed by atoms with E-state index in [0.717, 1.165) is 11.1 Å². The minimum atomic E-state index is -1.23. The van der Waals surface area contributed by atoms with Gasteiger partial charge in [0.15, 0.2) is 5.78 Å². The Kier molecular flexibility index (Phi) is 7.53. The number of carbonyl (C=O) groups excluding carboxylic acids is 3. The molecule has 1 aliphatic rings. The molecule has 3 aromatic rings. The van der Waals surface area contributed by atoms with Gasteiger partial charge >= 0.3 is 6.03 Å². The second-order valence-electron chi connectivity index (χ2n) is 9.82. The number of benzodiazepines with no additional fused rings is 1. The molecule has 0 spiro atoms. The summed E-state index contributed by atoms with van der Waals surface area (Å²) in [5.74, 6) is -0.540. The van der Waals surface area contributed by atoms with E-state index in [4.69, 9.17) is 4.99 Å². The minimum absolute atomic E-state index is 0.0655. The van der Waals surface area contributed by atoms with Crippen LogP contribution in [0.15, 0.2) is 83.9 Å². The molecule has 1 heterocycles. The van der Waals surface area contributed by atoms with Crippen molar-refractivity contribution in [1.82, 2.24) is 5.32 Å². The van der Waals surface area contributed by atoms with Gasteiger partial charge in [0.05, 0.1) is 17.9 Å². The maximum Gasteiger partial charge on any atom is 0.321 e. The third kappa shape index (κ3) is 5.77. The van der Waals surface area contributed by atoms with E-state index in [1.807, 2.05) is 100 Å². The lowest BCUT2D eigenvalue weighted by atomic mass is 9.85. The molecule has 3 amide bonds. The summed E-state index contributed by atoms with van der Waals surface area (Å²) < 4.78 is 0. The van der Waals surface area contributed by atoms with Crippen molar-refractivity contribution < 1.29 is 14.4 Å². The van der Waals surface area contributed by atoms with Gasteiger partial charge in [-0.1, -0.05) is 81.4 Å². The number of carbonyl (C=O) groups is 3. The average molecular weight is 497 g/mol. The largest absolute Gasteiger partial charge is 0.321 e. The summed E-state index contributed by atoms with van der Waals surface area (Å²) in [6.07, 6.45) is -0.591. The van der Waals surface area contributed by atoms with Gasteiger partial charge < -0.3 is 15.5 Å². The van der Waals surface area contributed by atoms with Gasteiger partial charge in [0.2, 0.25) is 6.17 Å². The smallest absolute Gasteiger partial charge is 0.308 e. The molecule has 0 radical (unpaired) electrons. The molecule has 4 rings (SSSR count). The number of anilines is 2. The van der Waals surface area contributed by atoms with Crippen molar-refractivity contribution in [3.8, 4) is 0 Å². The summed E-state index contributed by atoms with van der Waals surface area (Å²) in [5.41, 5.74) is 3.66. The lowest BCUT2D eigenvalue weighted by Gasteiger charge is -2.29. The first-order valence-corrected chi connectivity index (χ1v) is 12.4. The second-order valence-corrected chi connectivity index (χ2v) is 9.82. The molecule has 0 saturated carbocycles. The van der Waals surface area contributed by atoms with E-state index in [2.05, 4.69) is 10.6 Å². The third-order valence-electron chi connectivity index (χ3n) is 6.74. The van der Waals surface area contributed by atoms with Crippen LogP contribution in [0.1, 0.15) is 43.9 Å². The highest BCUT2D eigenvalue weighted by molar-refractivity contribution is 6.21. The van der Waals surface area contributed by atoms with E-state index in [-0.39, 0.29) is 12.3 Å². The molecule has 1 unspecified atom stereocenters. The lowest BCUT2D eigenvalue weighted by molar-refractivity contribution is -0.128. The third-order valence-corrected chi connectivity index (χ3v) is 6.74. The minimum Gasteiger partial charge on any atom is -0.308 e. The molecular weight excluding hydrogens is 464 g/mol. The number of hydrogen-bond donors (Lipinski definition) is 2. The first-order valence-electron chi connectivity index (χ1n) is 12.4.